The average molecular weight is 933 g/mol. The molecule has 0 spiro atoms. The first-order valence-electron chi connectivity index (χ1n) is 28.1. The molecule has 0 amide bonds. The predicted octanol–water partition coefficient (Wildman–Crippen LogP) is 18.8. The topological polar surface area (TPSA) is 78.9 Å². The summed E-state index contributed by atoms with van der Waals surface area (Å²) < 4.78 is 16.8. The summed E-state index contributed by atoms with van der Waals surface area (Å²) in [5, 5.41) is 0. The average Bonchev–Trinajstić information content (AvgIpc) is 3.33. The number of hydrogen-bond donors (Lipinski definition) is 0. The van der Waals surface area contributed by atoms with Gasteiger partial charge in [-0.05, 0) is 109 Å². The molecule has 384 valence electrons. The Hall–Kier alpha value is -3.41. The number of unbranched alkanes of at least 4 members (excludes halogenated alkanes) is 25. The lowest BCUT2D eigenvalue weighted by molar-refractivity contribution is -0.167. The van der Waals surface area contributed by atoms with Crippen molar-refractivity contribution in [2.24, 2.45) is 0 Å². The first-order chi connectivity index (χ1) is 33.0. The van der Waals surface area contributed by atoms with Crippen LogP contribution in [0.4, 0.5) is 0 Å². The zero-order chi connectivity index (χ0) is 48.6. The summed E-state index contributed by atoms with van der Waals surface area (Å²) in [4.78, 5) is 38.0. The number of rotatable bonds is 50. The lowest BCUT2D eigenvalue weighted by Crippen LogP contribution is -2.30. The van der Waals surface area contributed by atoms with Crippen molar-refractivity contribution in [3.63, 3.8) is 0 Å². The Bertz CT molecular complexity index is 1300. The van der Waals surface area contributed by atoms with Crippen LogP contribution in [0.3, 0.4) is 0 Å². The molecule has 0 heterocycles. The molecule has 0 N–H and O–H groups in total. The molecule has 0 radical (unpaired) electrons. The van der Waals surface area contributed by atoms with Gasteiger partial charge in [-0.1, -0.05) is 221 Å². The minimum absolute atomic E-state index is 0.0870. The molecule has 1 unspecified atom stereocenters. The Morgan fingerprint density at radius 1 is 0.313 bits per heavy atom. The minimum atomic E-state index is -0.788. The first kappa shape index (κ1) is 63.6. The van der Waals surface area contributed by atoms with Crippen LogP contribution in [-0.4, -0.2) is 37.2 Å². The van der Waals surface area contributed by atoms with Crippen LogP contribution >= 0.6 is 0 Å². The lowest BCUT2D eigenvalue weighted by Gasteiger charge is -2.18. The zero-order valence-corrected chi connectivity index (χ0v) is 43.9. The molecule has 0 saturated heterocycles. The molecule has 0 aromatic heterocycles. The number of hydrogen-bond acceptors (Lipinski definition) is 6. The van der Waals surface area contributed by atoms with E-state index in [4.69, 9.17) is 14.2 Å². The van der Waals surface area contributed by atoms with E-state index in [0.717, 1.165) is 122 Å². The lowest BCUT2D eigenvalue weighted by atomic mass is 10.1. The molecule has 0 bridgehead atoms. The van der Waals surface area contributed by atoms with Crippen molar-refractivity contribution in [1.82, 2.24) is 0 Å². The molecule has 6 heteroatoms. The third-order valence-corrected chi connectivity index (χ3v) is 11.8. The third kappa shape index (κ3) is 53.4. The summed E-state index contributed by atoms with van der Waals surface area (Å²) >= 11 is 0. The maximum Gasteiger partial charge on any atom is 0.306 e. The second-order valence-electron chi connectivity index (χ2n) is 18.5. The second-order valence-corrected chi connectivity index (χ2v) is 18.5. The van der Waals surface area contributed by atoms with Gasteiger partial charge in [0.2, 0.25) is 0 Å². The van der Waals surface area contributed by atoms with Crippen LogP contribution in [0.1, 0.15) is 265 Å². The molecular weight excluding hydrogens is 829 g/mol. The molecule has 67 heavy (non-hydrogen) atoms. The molecule has 0 aliphatic heterocycles. The van der Waals surface area contributed by atoms with Crippen molar-refractivity contribution in [3.05, 3.63) is 85.1 Å². The minimum Gasteiger partial charge on any atom is -0.462 e. The van der Waals surface area contributed by atoms with Gasteiger partial charge in [0.05, 0.1) is 0 Å². The van der Waals surface area contributed by atoms with E-state index in [1.165, 1.54) is 103 Å². The molecule has 0 aliphatic carbocycles. The highest BCUT2D eigenvalue weighted by Crippen LogP contribution is 2.15. The van der Waals surface area contributed by atoms with E-state index in [-0.39, 0.29) is 31.1 Å². The molecule has 0 aromatic rings. The number of esters is 3. The summed E-state index contributed by atoms with van der Waals surface area (Å²) in [5.74, 6) is -0.913. The van der Waals surface area contributed by atoms with E-state index in [9.17, 15) is 14.4 Å². The maximum atomic E-state index is 12.8. The molecule has 0 rings (SSSR count). The van der Waals surface area contributed by atoms with Gasteiger partial charge in [0.25, 0.3) is 0 Å². The Kier molecular flexibility index (Phi) is 52.4. The number of allylic oxidation sites excluding steroid dienone is 14. The van der Waals surface area contributed by atoms with Crippen LogP contribution in [0.25, 0.3) is 0 Å². The van der Waals surface area contributed by atoms with Crippen LogP contribution < -0.4 is 0 Å². The highest BCUT2D eigenvalue weighted by Gasteiger charge is 2.19. The fraction of sp³-hybridized carbons (Fsp3) is 0.721. The summed E-state index contributed by atoms with van der Waals surface area (Å²) in [6.07, 6.45) is 71.5. The van der Waals surface area contributed by atoms with Gasteiger partial charge in [0.15, 0.2) is 6.10 Å². The highest BCUT2D eigenvalue weighted by atomic mass is 16.6. The standard InChI is InChI=1S/C61H104O6/c1-4-7-10-13-16-19-22-24-26-28-29-30-31-32-33-34-36-37-39-42-45-48-51-54-60(63)66-57-58(56-65-59(62)53-50-47-44-41-21-18-15-12-9-6-3)67-61(64)55-52-49-46-43-40-38-35-27-25-23-20-17-14-11-8-5-2/h7,10,12,15-16,19-20,23-24,26-27,29-30,35,58H,4-6,8-9,11,13-14,17-18,21-22,25,28,31-34,36-57H2,1-3H3/b10-7-,15-12-,19-16-,23-20-,26-24-,30-29-,35-27-. The fourth-order valence-electron chi connectivity index (χ4n) is 7.64. The molecule has 0 fully saturated rings. The Morgan fingerprint density at radius 3 is 0.985 bits per heavy atom. The summed E-state index contributed by atoms with van der Waals surface area (Å²) in [6.45, 7) is 6.43. The Labute approximate surface area is 414 Å². The van der Waals surface area contributed by atoms with Crippen LogP contribution in [-0.2, 0) is 28.6 Å². The molecule has 0 aliphatic rings. The molecule has 0 aromatic carbocycles. The van der Waals surface area contributed by atoms with Crippen LogP contribution in [0, 0.1) is 0 Å². The van der Waals surface area contributed by atoms with Gasteiger partial charge in [0.1, 0.15) is 13.2 Å². The fourth-order valence-corrected chi connectivity index (χ4v) is 7.64. The van der Waals surface area contributed by atoms with Crippen molar-refractivity contribution in [2.45, 2.75) is 271 Å². The highest BCUT2D eigenvalue weighted by molar-refractivity contribution is 5.71. The maximum absolute atomic E-state index is 12.8. The normalized spacial score (nSPS) is 12.7. The Morgan fingerprint density at radius 2 is 0.612 bits per heavy atom. The molecule has 0 saturated carbocycles. The van der Waals surface area contributed by atoms with Gasteiger partial charge in [-0.15, -0.1) is 0 Å². The van der Waals surface area contributed by atoms with Crippen molar-refractivity contribution >= 4 is 17.9 Å². The number of ether oxygens (including phenoxy) is 3. The number of carbonyl (C=O) groups excluding carboxylic acids is 3. The van der Waals surface area contributed by atoms with E-state index in [1.807, 2.05) is 0 Å². The molecular formula is C61H104O6. The summed E-state index contributed by atoms with van der Waals surface area (Å²) in [7, 11) is 0. The first-order valence-corrected chi connectivity index (χ1v) is 28.1. The quantitative estimate of drug-likeness (QED) is 0.0262. The van der Waals surface area contributed by atoms with Crippen molar-refractivity contribution in [3.8, 4) is 0 Å². The SMILES string of the molecule is CC/C=C\C/C=C\C/C=C\C/C=C\CCCCCCCCCCCCC(=O)OCC(COC(=O)CCCCCCC/C=C\CCC)OC(=O)CCCCCCC/C=C\C/C=C\CCCCCC. The third-order valence-electron chi connectivity index (χ3n) is 11.8. The largest absolute Gasteiger partial charge is 0.462 e. The predicted molar refractivity (Wildman–Crippen MR) is 288 cm³/mol. The second kappa shape index (κ2) is 55.2. The van der Waals surface area contributed by atoms with Crippen molar-refractivity contribution in [2.75, 3.05) is 13.2 Å². The van der Waals surface area contributed by atoms with Gasteiger partial charge in [-0.3, -0.25) is 14.4 Å². The summed E-state index contributed by atoms with van der Waals surface area (Å²) in [5.41, 5.74) is 0. The van der Waals surface area contributed by atoms with E-state index >= 15 is 0 Å². The zero-order valence-electron chi connectivity index (χ0n) is 43.9. The van der Waals surface area contributed by atoms with Gasteiger partial charge in [-0.25, -0.2) is 0 Å². The van der Waals surface area contributed by atoms with E-state index in [1.54, 1.807) is 0 Å². The van der Waals surface area contributed by atoms with Gasteiger partial charge < -0.3 is 14.2 Å². The van der Waals surface area contributed by atoms with E-state index in [0.29, 0.717) is 19.3 Å². The Balaban J connectivity index is 4.31. The van der Waals surface area contributed by atoms with Crippen molar-refractivity contribution in [1.29, 1.82) is 0 Å². The summed E-state index contributed by atoms with van der Waals surface area (Å²) in [6, 6.07) is 0. The van der Waals surface area contributed by atoms with E-state index in [2.05, 4.69) is 106 Å². The molecule has 6 nitrogen and oxygen atoms in total. The van der Waals surface area contributed by atoms with E-state index < -0.39 is 6.10 Å². The van der Waals surface area contributed by atoms with Gasteiger partial charge in [0, 0.05) is 19.3 Å². The van der Waals surface area contributed by atoms with Gasteiger partial charge >= 0.3 is 17.9 Å². The molecule has 1 atom stereocenters. The van der Waals surface area contributed by atoms with Crippen molar-refractivity contribution < 1.29 is 28.6 Å². The number of carbonyl (C=O) groups is 3. The van der Waals surface area contributed by atoms with Crippen LogP contribution in [0.15, 0.2) is 85.1 Å². The van der Waals surface area contributed by atoms with Gasteiger partial charge in [-0.2, -0.15) is 0 Å². The monoisotopic (exact) mass is 933 g/mol. The van der Waals surface area contributed by atoms with Crippen LogP contribution in [0.2, 0.25) is 0 Å². The van der Waals surface area contributed by atoms with Crippen LogP contribution in [0.5, 0.6) is 0 Å². The smallest absolute Gasteiger partial charge is 0.306 e.